The van der Waals surface area contributed by atoms with E-state index in [9.17, 15) is 45.3 Å². The van der Waals surface area contributed by atoms with Crippen LogP contribution in [0.1, 0.15) is 18.1 Å². The maximum Gasteiger partial charge on any atom is 1.00 e. The molecule has 0 saturated heterocycles. The number of nitrogens with one attached hydrogen (secondary N) is 3. The molecular formula is C28H22FN9Na2O9S2. The van der Waals surface area contributed by atoms with E-state index in [1.165, 1.54) is 44.2 Å². The van der Waals surface area contributed by atoms with Gasteiger partial charge < -0.3 is 25.5 Å². The predicted octanol–water partition coefficient (Wildman–Crippen LogP) is -3.76. The molecule has 0 aliphatic rings. The van der Waals surface area contributed by atoms with Gasteiger partial charge in [-0.15, -0.1) is 10.2 Å². The van der Waals surface area contributed by atoms with E-state index in [0.29, 0.717) is 21.0 Å². The van der Waals surface area contributed by atoms with E-state index in [1.807, 2.05) is 0 Å². The van der Waals surface area contributed by atoms with Crippen LogP contribution in [-0.2, 0) is 26.8 Å². The van der Waals surface area contributed by atoms with Gasteiger partial charge in [-0.25, -0.2) is 4.99 Å². The molecule has 51 heavy (non-hydrogen) atoms. The van der Waals surface area contributed by atoms with Crippen molar-refractivity contribution in [2.75, 3.05) is 5.32 Å². The maximum absolute atomic E-state index is 14.5. The van der Waals surface area contributed by atoms with Crippen LogP contribution in [0.3, 0.4) is 0 Å². The molecule has 18 nitrogen and oxygen atoms in total. The smallest absolute Gasteiger partial charge is 0.859 e. The van der Waals surface area contributed by atoms with Gasteiger partial charge in [0.15, 0.2) is 0 Å². The molecule has 5 aromatic rings. The average molecular weight is 758 g/mol. The summed E-state index contributed by atoms with van der Waals surface area (Å²) in [4.78, 5) is 25.5. The van der Waals surface area contributed by atoms with Gasteiger partial charge in [-0.05, 0) is 84.4 Å². The summed E-state index contributed by atoms with van der Waals surface area (Å²) in [6.07, 6.45) is -1.13. The van der Waals surface area contributed by atoms with Gasteiger partial charge in [0.1, 0.15) is 10.6 Å². The normalized spacial score (nSPS) is 12.1. The Balaban J connectivity index is 0.00000351. The van der Waals surface area contributed by atoms with Gasteiger partial charge in [0.05, 0.1) is 21.8 Å². The topological polar surface area (TPSA) is 291 Å². The molecule has 5 rings (SSSR count). The van der Waals surface area contributed by atoms with Crippen LogP contribution in [0.4, 0.5) is 33.1 Å². The van der Waals surface area contributed by atoms with Crippen molar-refractivity contribution >= 4 is 65.6 Å². The first kappa shape index (κ1) is 41.5. The Morgan fingerprint density at radius 3 is 2.29 bits per heavy atom. The standard InChI is InChI=1S/C28H24FN9O9S2.2Na/c1-3-38-24(40)21(23(30)39)13(2)22(25(38)41)37-36-19-12-17(7-9-20(19)49(45,46)47)32-28-34-26(29)33-27(35-28)31-16-6-4-15-11-18(48(42,43)44)8-5-14(15)10-16;;/h4-12,41H,3H2,1-2H3,(H2,30,39)(H,42,43,44)(H,45,46,47)(H2,31,32,33,34,35);;/q;2*+1/p-2. The van der Waals surface area contributed by atoms with Gasteiger partial charge in [0.25, 0.3) is 31.9 Å². The Bertz CT molecular complexity index is 2580. The number of pyridine rings is 1. The number of fused-ring (bicyclic) bond motifs is 1. The number of hydrogen-bond donors (Lipinski definition) is 5. The Morgan fingerprint density at radius 2 is 1.67 bits per heavy atom. The van der Waals surface area contributed by atoms with Gasteiger partial charge in [-0.1, -0.05) is 12.1 Å². The summed E-state index contributed by atoms with van der Waals surface area (Å²) in [5.74, 6) is -2.62. The number of aromatic nitrogens is 4. The second-order valence-electron chi connectivity index (χ2n) is 10.1. The number of anilines is 2. The molecule has 0 aliphatic carbocycles. The molecule has 0 atom stereocenters. The first-order chi connectivity index (χ1) is 23.0. The van der Waals surface area contributed by atoms with Crippen LogP contribution in [0.2, 0.25) is 0 Å². The number of aromatic amines is 1. The molecule has 2 heterocycles. The maximum atomic E-state index is 14.5. The first-order valence-corrected chi connectivity index (χ1v) is 16.5. The van der Waals surface area contributed by atoms with E-state index in [4.69, 9.17) is 5.41 Å². The number of H-pyrrole nitrogens is 1. The van der Waals surface area contributed by atoms with E-state index in [0.717, 1.165) is 18.2 Å². The largest absolute Gasteiger partial charge is 1.00 e. The number of azo groups is 1. The molecule has 0 unspecified atom stereocenters. The van der Waals surface area contributed by atoms with E-state index in [1.54, 1.807) is 6.07 Å². The predicted molar refractivity (Wildman–Crippen MR) is 166 cm³/mol. The zero-order valence-electron chi connectivity index (χ0n) is 27.0. The minimum atomic E-state index is -4.92. The Labute approximate surface area is 331 Å². The molecule has 0 aliphatic heterocycles. The number of nitrogens with zero attached hydrogens (tertiary/aromatic N) is 6. The third kappa shape index (κ3) is 9.32. The summed E-state index contributed by atoms with van der Waals surface area (Å²) >= 11 is 0. The second kappa shape index (κ2) is 16.2. The van der Waals surface area contributed by atoms with Crippen LogP contribution in [0.15, 0.2) is 84.4 Å². The fraction of sp³-hybridized carbons (Fsp3) is 0.107. The van der Waals surface area contributed by atoms with Crippen LogP contribution in [-0.4, -0.2) is 51.4 Å². The fourth-order valence-corrected chi connectivity index (χ4v) is 5.75. The number of halogens is 1. The molecule has 0 bridgehead atoms. The average Bonchev–Trinajstić information content (AvgIpc) is 2.99. The van der Waals surface area contributed by atoms with Crippen LogP contribution < -0.4 is 85.8 Å². The number of rotatable bonds is 9. The van der Waals surface area contributed by atoms with Crippen LogP contribution in [0, 0.1) is 18.4 Å². The van der Waals surface area contributed by atoms with Crippen molar-refractivity contribution in [1.29, 1.82) is 5.41 Å². The molecule has 23 heteroatoms. The monoisotopic (exact) mass is 757 g/mol. The van der Waals surface area contributed by atoms with Crippen molar-refractivity contribution in [3.05, 3.63) is 87.8 Å². The summed E-state index contributed by atoms with van der Waals surface area (Å²) in [6, 6.07) is 11.6. The number of hydrogen-bond acceptors (Lipinski definition) is 14. The minimum absolute atomic E-state index is 0. The molecule has 0 radical (unpaired) electrons. The third-order valence-electron chi connectivity index (χ3n) is 6.89. The van der Waals surface area contributed by atoms with Crippen molar-refractivity contribution in [2.24, 2.45) is 15.2 Å². The minimum Gasteiger partial charge on any atom is -0.859 e. The molecule has 0 saturated carbocycles. The molecule has 3 aromatic carbocycles. The SMILES string of the molecule is CCn1c([O-])c(N=Nc2cc(N=c3nc(Nc4ccc5cc(S(=O)(=O)O)ccc5c4)nc(F)[nH]3)ccc2S(=O)(=O)O)c(C)c(C(=N)[O-])c1=O.[Na+].[Na+]. The number of benzene rings is 3. The first-order valence-electron chi connectivity index (χ1n) is 13.7. The zero-order chi connectivity index (χ0) is 35.8. The summed E-state index contributed by atoms with van der Waals surface area (Å²) in [5, 5.41) is 43.5. The van der Waals surface area contributed by atoms with Crippen molar-refractivity contribution in [3.8, 4) is 5.88 Å². The molecule has 0 amide bonds. The van der Waals surface area contributed by atoms with Gasteiger partial charge in [-0.3, -0.25) is 18.9 Å². The molecular weight excluding hydrogens is 735 g/mol. The molecule has 254 valence electrons. The van der Waals surface area contributed by atoms with E-state index in [2.05, 4.69) is 35.5 Å². The quantitative estimate of drug-likeness (QED) is 0.0319. The second-order valence-corrected chi connectivity index (χ2v) is 12.9. The van der Waals surface area contributed by atoms with Gasteiger partial charge in [-0.2, -0.15) is 31.2 Å². The Morgan fingerprint density at radius 1 is 1.00 bits per heavy atom. The fourth-order valence-electron chi connectivity index (χ4n) is 4.63. The van der Waals surface area contributed by atoms with Gasteiger partial charge in [0, 0.05) is 12.2 Å². The van der Waals surface area contributed by atoms with Crippen molar-refractivity contribution in [3.63, 3.8) is 0 Å². The summed E-state index contributed by atoms with van der Waals surface area (Å²) < 4.78 is 81.2. The van der Waals surface area contributed by atoms with Gasteiger partial charge in [0.2, 0.25) is 11.6 Å². The summed E-state index contributed by atoms with van der Waals surface area (Å²) in [7, 11) is -9.34. The Kier molecular flexibility index (Phi) is 13.2. The van der Waals surface area contributed by atoms with Crippen LogP contribution in [0.25, 0.3) is 10.8 Å². The molecule has 0 fully saturated rings. The zero-order valence-corrected chi connectivity index (χ0v) is 32.7. The molecule has 0 spiro atoms. The molecule has 2 aromatic heterocycles. The summed E-state index contributed by atoms with van der Waals surface area (Å²) in [6.45, 7) is 2.46. The van der Waals surface area contributed by atoms with E-state index < -0.39 is 65.5 Å². The third-order valence-corrected chi connectivity index (χ3v) is 8.64. The molecule has 5 N–H and O–H groups in total. The summed E-state index contributed by atoms with van der Waals surface area (Å²) in [5.41, 5.74) is -3.08. The van der Waals surface area contributed by atoms with Crippen LogP contribution in [0.5, 0.6) is 5.88 Å². The van der Waals surface area contributed by atoms with Crippen molar-refractivity contribution < 1.29 is 99.7 Å². The van der Waals surface area contributed by atoms with Crippen LogP contribution >= 0.6 is 0 Å². The van der Waals surface area contributed by atoms with Gasteiger partial charge >= 0.3 is 59.1 Å². The van der Waals surface area contributed by atoms with Crippen molar-refractivity contribution in [2.45, 2.75) is 30.2 Å². The Hall–Kier alpha value is -3.90. The van der Waals surface area contributed by atoms with E-state index in [-0.39, 0.29) is 93.4 Å². The van der Waals surface area contributed by atoms with Crippen molar-refractivity contribution in [1.82, 2.24) is 19.5 Å². The van der Waals surface area contributed by atoms with E-state index >= 15 is 0 Å².